The van der Waals surface area contributed by atoms with Gasteiger partial charge in [0.05, 0.1) is 11.7 Å². The Morgan fingerprint density at radius 3 is 3.00 bits per heavy atom. The molecule has 3 nitrogen and oxygen atoms in total. The molecule has 0 aromatic heterocycles. The maximum absolute atomic E-state index is 9.77. The fraction of sp³-hybridized carbons (Fsp3) is 1.00. The van der Waals surface area contributed by atoms with Gasteiger partial charge >= 0.3 is 0 Å². The van der Waals surface area contributed by atoms with Crippen molar-refractivity contribution in [2.75, 3.05) is 6.61 Å². The van der Waals surface area contributed by atoms with Gasteiger partial charge in [-0.25, -0.2) is 0 Å². The van der Waals surface area contributed by atoms with Crippen LogP contribution in [0.4, 0.5) is 0 Å². The molecule has 0 aliphatic carbocycles. The third-order valence-electron chi connectivity index (χ3n) is 3.21. The van der Waals surface area contributed by atoms with Crippen LogP contribution in [0.15, 0.2) is 0 Å². The van der Waals surface area contributed by atoms with Crippen LogP contribution in [-0.2, 0) is 9.47 Å². The number of rotatable bonds is 2. The van der Waals surface area contributed by atoms with E-state index in [0.717, 1.165) is 25.7 Å². The maximum atomic E-state index is 9.77. The molecule has 0 saturated carbocycles. The maximum Gasteiger partial charge on any atom is 0.189 e. The minimum atomic E-state index is -0.974. The summed E-state index contributed by atoms with van der Waals surface area (Å²) < 4.78 is 11.3. The first-order valence-corrected chi connectivity index (χ1v) is 5.12. The summed E-state index contributed by atoms with van der Waals surface area (Å²) in [6.07, 6.45) is 3.83. The molecule has 2 saturated heterocycles. The third kappa shape index (κ3) is 1.49. The highest BCUT2D eigenvalue weighted by atomic mass is 16.7. The molecule has 76 valence electrons. The van der Waals surface area contributed by atoms with Gasteiger partial charge in [0.1, 0.15) is 6.61 Å². The Morgan fingerprint density at radius 2 is 2.31 bits per heavy atom. The minimum Gasteiger partial charge on any atom is -0.367 e. The fourth-order valence-corrected chi connectivity index (χ4v) is 2.38. The van der Waals surface area contributed by atoms with E-state index in [1.807, 2.05) is 0 Å². The lowest BCUT2D eigenvalue weighted by molar-refractivity contribution is -0.311. The largest absolute Gasteiger partial charge is 0.367 e. The average molecular weight is 186 g/mol. The second-order valence-electron chi connectivity index (χ2n) is 4.44. The third-order valence-corrected chi connectivity index (χ3v) is 3.21. The van der Waals surface area contributed by atoms with Crippen LogP contribution in [0.25, 0.3) is 0 Å². The molecule has 2 bridgehead atoms. The molecule has 13 heavy (non-hydrogen) atoms. The van der Waals surface area contributed by atoms with Crippen LogP contribution in [0, 0.1) is 0 Å². The van der Waals surface area contributed by atoms with E-state index in [1.54, 1.807) is 0 Å². The summed E-state index contributed by atoms with van der Waals surface area (Å²) in [6, 6.07) is 0. The number of aliphatic hydroxyl groups is 1. The molecule has 3 heteroatoms. The predicted molar refractivity (Wildman–Crippen MR) is 48.3 cm³/mol. The summed E-state index contributed by atoms with van der Waals surface area (Å²) in [6.45, 7) is 4.57. The van der Waals surface area contributed by atoms with E-state index in [0.29, 0.717) is 6.61 Å². The van der Waals surface area contributed by atoms with Gasteiger partial charge in [0.25, 0.3) is 0 Å². The fourth-order valence-electron chi connectivity index (χ4n) is 2.38. The number of hydrogen-bond acceptors (Lipinski definition) is 3. The number of hydrogen-bond donors (Lipinski definition) is 1. The van der Waals surface area contributed by atoms with Crippen molar-refractivity contribution in [1.29, 1.82) is 0 Å². The number of ether oxygens (including phenoxy) is 2. The second-order valence-corrected chi connectivity index (χ2v) is 4.44. The highest BCUT2D eigenvalue weighted by Crippen LogP contribution is 2.42. The topological polar surface area (TPSA) is 38.7 Å². The van der Waals surface area contributed by atoms with Gasteiger partial charge in [-0.05, 0) is 19.8 Å². The van der Waals surface area contributed by atoms with Crippen molar-refractivity contribution in [2.24, 2.45) is 0 Å². The van der Waals surface area contributed by atoms with Crippen LogP contribution >= 0.6 is 0 Å². The Morgan fingerprint density at radius 1 is 1.54 bits per heavy atom. The standard InChI is InChI=1S/C10H18O3/c1-3-5-9(2)8-4-6-10(11,13-8)7-12-9/h8,11H,3-7H2,1-2H3/t8-,9?,10?/m0/s1. The Kier molecular flexibility index (Phi) is 2.13. The highest BCUT2D eigenvalue weighted by molar-refractivity contribution is 4.96. The minimum absolute atomic E-state index is 0.0891. The van der Waals surface area contributed by atoms with Gasteiger partial charge in [0, 0.05) is 6.42 Å². The predicted octanol–water partition coefficient (Wildman–Crippen LogP) is 1.44. The van der Waals surface area contributed by atoms with Gasteiger partial charge in [-0.1, -0.05) is 13.3 Å². The zero-order valence-electron chi connectivity index (χ0n) is 8.38. The van der Waals surface area contributed by atoms with Gasteiger partial charge in [-0.2, -0.15) is 0 Å². The lowest BCUT2D eigenvalue weighted by Gasteiger charge is -2.42. The Bertz CT molecular complexity index is 206. The van der Waals surface area contributed by atoms with Gasteiger partial charge in [-0.3, -0.25) is 0 Å². The van der Waals surface area contributed by atoms with Gasteiger partial charge < -0.3 is 14.6 Å². The molecule has 1 N–H and O–H groups in total. The van der Waals surface area contributed by atoms with E-state index in [4.69, 9.17) is 9.47 Å². The van der Waals surface area contributed by atoms with E-state index in [2.05, 4.69) is 13.8 Å². The Balaban J connectivity index is 2.09. The van der Waals surface area contributed by atoms with E-state index in [9.17, 15) is 5.11 Å². The summed E-state index contributed by atoms with van der Waals surface area (Å²) in [7, 11) is 0. The molecule has 0 amide bonds. The van der Waals surface area contributed by atoms with E-state index < -0.39 is 5.79 Å². The van der Waals surface area contributed by atoms with Crippen molar-refractivity contribution >= 4 is 0 Å². The second kappa shape index (κ2) is 2.94. The van der Waals surface area contributed by atoms with Gasteiger partial charge in [0.15, 0.2) is 5.79 Å². The first kappa shape index (κ1) is 9.44. The molecule has 2 aliphatic heterocycles. The van der Waals surface area contributed by atoms with Crippen LogP contribution in [-0.4, -0.2) is 29.2 Å². The van der Waals surface area contributed by atoms with Gasteiger partial charge in [0.2, 0.25) is 0 Å². The zero-order valence-corrected chi connectivity index (χ0v) is 8.38. The lowest BCUT2D eigenvalue weighted by atomic mass is 9.92. The molecule has 3 atom stereocenters. The molecule has 2 rings (SSSR count). The average Bonchev–Trinajstić information content (AvgIpc) is 2.42. The first-order valence-electron chi connectivity index (χ1n) is 5.12. The van der Waals surface area contributed by atoms with Crippen molar-refractivity contribution in [3.63, 3.8) is 0 Å². The first-order chi connectivity index (χ1) is 6.08. The van der Waals surface area contributed by atoms with E-state index in [1.165, 1.54) is 0 Å². The van der Waals surface area contributed by atoms with Crippen molar-refractivity contribution in [1.82, 2.24) is 0 Å². The van der Waals surface area contributed by atoms with Crippen molar-refractivity contribution in [3.05, 3.63) is 0 Å². The molecule has 2 fully saturated rings. The van der Waals surface area contributed by atoms with E-state index in [-0.39, 0.29) is 11.7 Å². The van der Waals surface area contributed by atoms with Crippen LogP contribution in [0.5, 0.6) is 0 Å². The lowest BCUT2D eigenvalue weighted by Crippen LogP contribution is -2.52. The van der Waals surface area contributed by atoms with Crippen molar-refractivity contribution in [3.8, 4) is 0 Å². The van der Waals surface area contributed by atoms with Crippen LogP contribution < -0.4 is 0 Å². The van der Waals surface area contributed by atoms with Crippen molar-refractivity contribution in [2.45, 2.75) is 57.0 Å². The molecular weight excluding hydrogens is 168 g/mol. The monoisotopic (exact) mass is 186 g/mol. The summed E-state index contributed by atoms with van der Waals surface area (Å²) in [4.78, 5) is 0. The summed E-state index contributed by atoms with van der Waals surface area (Å²) in [5, 5.41) is 9.77. The van der Waals surface area contributed by atoms with Crippen LogP contribution in [0.3, 0.4) is 0 Å². The molecule has 2 unspecified atom stereocenters. The SMILES string of the molecule is CCCC1(C)OCC2(O)CC[C@@H]1O2. The molecule has 0 spiro atoms. The normalized spacial score (nSPS) is 49.6. The molecular formula is C10H18O3. The quantitative estimate of drug-likeness (QED) is 0.709. The summed E-state index contributed by atoms with van der Waals surface area (Å²) in [5.41, 5.74) is -0.169. The molecule has 0 aromatic rings. The molecule has 2 heterocycles. The smallest absolute Gasteiger partial charge is 0.189 e. The molecule has 0 radical (unpaired) electrons. The van der Waals surface area contributed by atoms with Gasteiger partial charge in [-0.15, -0.1) is 0 Å². The zero-order chi connectivity index (χ0) is 9.53. The van der Waals surface area contributed by atoms with Crippen LogP contribution in [0.1, 0.15) is 39.5 Å². The summed E-state index contributed by atoms with van der Waals surface area (Å²) >= 11 is 0. The molecule has 2 aliphatic rings. The van der Waals surface area contributed by atoms with Crippen molar-refractivity contribution < 1.29 is 14.6 Å². The molecule has 0 aromatic carbocycles. The van der Waals surface area contributed by atoms with E-state index >= 15 is 0 Å². The Labute approximate surface area is 79.0 Å². The Hall–Kier alpha value is -0.120. The number of fused-ring (bicyclic) bond motifs is 2. The highest BCUT2D eigenvalue weighted by Gasteiger charge is 2.52. The van der Waals surface area contributed by atoms with Crippen LogP contribution in [0.2, 0.25) is 0 Å². The summed E-state index contributed by atoms with van der Waals surface area (Å²) in [5.74, 6) is -0.974.